The number of hydrogen-bond donors (Lipinski definition) is 1. The molecule has 2 heterocycles. The first-order valence-electron chi connectivity index (χ1n) is 8.21. The topological polar surface area (TPSA) is 72.7 Å². The maximum absolute atomic E-state index is 12.8. The second-order valence-corrected chi connectivity index (χ2v) is 7.57. The molecule has 26 heavy (non-hydrogen) atoms. The standard InChI is InChI=1S/C19H21N5OS/c1-19(2,3)17-20-10-13(11-21-17)23-16(25)15-12-22-18(26-4)24(15)14-8-6-5-7-9-14/h5-12H,1-4H3,(H,23,25). The number of amides is 1. The number of carbonyl (C=O) groups is 1. The number of para-hydroxylation sites is 1. The quantitative estimate of drug-likeness (QED) is 0.707. The molecule has 0 fully saturated rings. The highest BCUT2D eigenvalue weighted by Gasteiger charge is 2.19. The molecule has 0 radical (unpaired) electrons. The zero-order valence-corrected chi connectivity index (χ0v) is 16.0. The van der Waals surface area contributed by atoms with Crippen LogP contribution in [0.5, 0.6) is 0 Å². The second kappa shape index (κ2) is 7.29. The smallest absolute Gasteiger partial charge is 0.274 e. The molecule has 1 N–H and O–H groups in total. The molecule has 134 valence electrons. The highest BCUT2D eigenvalue weighted by Crippen LogP contribution is 2.23. The Balaban J connectivity index is 1.88. The molecule has 7 heteroatoms. The van der Waals surface area contributed by atoms with Gasteiger partial charge in [0.05, 0.1) is 24.3 Å². The number of aromatic nitrogens is 4. The van der Waals surface area contributed by atoms with Crippen LogP contribution in [0.25, 0.3) is 5.69 Å². The number of nitrogens with one attached hydrogen (secondary N) is 1. The minimum absolute atomic E-state index is 0.137. The monoisotopic (exact) mass is 367 g/mol. The average molecular weight is 367 g/mol. The lowest BCUT2D eigenvalue weighted by molar-refractivity contribution is 0.102. The minimum Gasteiger partial charge on any atom is -0.318 e. The number of imidazole rings is 1. The van der Waals surface area contributed by atoms with Gasteiger partial charge in [0.15, 0.2) is 5.16 Å². The summed E-state index contributed by atoms with van der Waals surface area (Å²) in [5, 5.41) is 3.60. The van der Waals surface area contributed by atoms with Gasteiger partial charge in [-0.25, -0.2) is 15.0 Å². The van der Waals surface area contributed by atoms with Gasteiger partial charge < -0.3 is 5.32 Å². The molecule has 0 atom stereocenters. The summed E-state index contributed by atoms with van der Waals surface area (Å²) in [5.74, 6) is 0.475. The summed E-state index contributed by atoms with van der Waals surface area (Å²) in [6.45, 7) is 6.13. The Kier molecular flexibility index (Phi) is 5.08. The third kappa shape index (κ3) is 3.77. The van der Waals surface area contributed by atoms with Crippen molar-refractivity contribution in [2.45, 2.75) is 31.3 Å². The Bertz CT molecular complexity index is 898. The molecule has 3 rings (SSSR count). The molecule has 3 aromatic rings. The number of thioether (sulfide) groups is 1. The van der Waals surface area contributed by atoms with Crippen LogP contribution in [0.2, 0.25) is 0 Å². The normalized spacial score (nSPS) is 11.4. The predicted octanol–water partition coefficient (Wildman–Crippen LogP) is 3.93. The summed E-state index contributed by atoms with van der Waals surface area (Å²) in [4.78, 5) is 25.8. The van der Waals surface area contributed by atoms with Gasteiger partial charge in [-0.1, -0.05) is 50.7 Å². The third-order valence-corrected chi connectivity index (χ3v) is 4.39. The van der Waals surface area contributed by atoms with Crippen LogP contribution in [0.1, 0.15) is 37.1 Å². The van der Waals surface area contributed by atoms with Crippen molar-refractivity contribution in [2.24, 2.45) is 0 Å². The van der Waals surface area contributed by atoms with Crippen LogP contribution in [0.4, 0.5) is 5.69 Å². The maximum Gasteiger partial charge on any atom is 0.274 e. The summed E-state index contributed by atoms with van der Waals surface area (Å²) in [5.41, 5.74) is 1.76. The van der Waals surface area contributed by atoms with Crippen molar-refractivity contribution in [3.8, 4) is 5.69 Å². The first-order valence-corrected chi connectivity index (χ1v) is 9.43. The largest absolute Gasteiger partial charge is 0.318 e. The highest BCUT2D eigenvalue weighted by atomic mass is 32.2. The predicted molar refractivity (Wildman–Crippen MR) is 104 cm³/mol. The summed E-state index contributed by atoms with van der Waals surface area (Å²) >= 11 is 1.49. The van der Waals surface area contributed by atoms with Crippen LogP contribution in [0.3, 0.4) is 0 Å². The molecule has 1 amide bonds. The van der Waals surface area contributed by atoms with Crippen LogP contribution in [0.15, 0.2) is 54.1 Å². The van der Waals surface area contributed by atoms with Gasteiger partial charge in [-0.15, -0.1) is 0 Å². The van der Waals surface area contributed by atoms with Gasteiger partial charge in [-0.3, -0.25) is 9.36 Å². The Morgan fingerprint density at radius 2 is 1.69 bits per heavy atom. The van der Waals surface area contributed by atoms with Gasteiger partial charge in [0.1, 0.15) is 11.5 Å². The molecule has 0 aliphatic rings. The molecule has 0 saturated heterocycles. The fourth-order valence-electron chi connectivity index (χ4n) is 2.44. The van der Waals surface area contributed by atoms with Crippen molar-refractivity contribution in [1.29, 1.82) is 0 Å². The van der Waals surface area contributed by atoms with Gasteiger partial charge in [-0.05, 0) is 18.4 Å². The van der Waals surface area contributed by atoms with Crippen LogP contribution in [-0.4, -0.2) is 31.7 Å². The van der Waals surface area contributed by atoms with Crippen LogP contribution in [-0.2, 0) is 5.41 Å². The molecule has 0 aliphatic heterocycles. The maximum atomic E-state index is 12.8. The minimum atomic E-state index is -0.256. The summed E-state index contributed by atoms with van der Waals surface area (Å²) in [6.07, 6.45) is 6.77. The van der Waals surface area contributed by atoms with Crippen LogP contribution >= 0.6 is 11.8 Å². The molecule has 1 aromatic carbocycles. The molecule has 0 unspecified atom stereocenters. The number of benzene rings is 1. The zero-order valence-electron chi connectivity index (χ0n) is 15.2. The van der Waals surface area contributed by atoms with E-state index in [9.17, 15) is 4.79 Å². The molecular formula is C19H21N5OS. The Morgan fingerprint density at radius 1 is 1.04 bits per heavy atom. The SMILES string of the molecule is CSc1ncc(C(=O)Nc2cnc(C(C)(C)C)nc2)n1-c1ccccc1. The van der Waals surface area contributed by atoms with Crippen molar-refractivity contribution in [3.05, 3.63) is 60.4 Å². The molecule has 0 saturated carbocycles. The van der Waals surface area contributed by atoms with E-state index >= 15 is 0 Å². The van der Waals surface area contributed by atoms with Crippen LogP contribution < -0.4 is 5.32 Å². The van der Waals surface area contributed by atoms with E-state index in [1.165, 1.54) is 11.8 Å². The van der Waals surface area contributed by atoms with E-state index in [1.807, 2.05) is 61.9 Å². The number of anilines is 1. The molecule has 0 spiro atoms. The van der Waals surface area contributed by atoms with Gasteiger partial charge >= 0.3 is 0 Å². The molecule has 0 bridgehead atoms. The van der Waals surface area contributed by atoms with E-state index in [1.54, 1.807) is 18.6 Å². The number of carbonyl (C=O) groups excluding carboxylic acids is 1. The summed E-state index contributed by atoms with van der Waals surface area (Å²) < 4.78 is 1.84. The summed E-state index contributed by atoms with van der Waals surface area (Å²) in [6, 6.07) is 9.69. The van der Waals surface area contributed by atoms with Crippen molar-refractivity contribution >= 4 is 23.4 Å². The molecular weight excluding hydrogens is 346 g/mol. The number of rotatable bonds is 4. The molecule has 6 nitrogen and oxygen atoms in total. The van der Waals surface area contributed by atoms with E-state index in [0.29, 0.717) is 11.4 Å². The van der Waals surface area contributed by atoms with E-state index in [4.69, 9.17) is 0 Å². The van der Waals surface area contributed by atoms with Crippen molar-refractivity contribution in [2.75, 3.05) is 11.6 Å². The van der Waals surface area contributed by atoms with Gasteiger partial charge in [0, 0.05) is 11.1 Å². The Hall–Kier alpha value is -2.67. The fourth-order valence-corrected chi connectivity index (χ4v) is 2.99. The Labute approximate surface area is 157 Å². The fraction of sp³-hybridized carbons (Fsp3) is 0.263. The van der Waals surface area contributed by atoms with E-state index < -0.39 is 0 Å². The second-order valence-electron chi connectivity index (χ2n) is 6.80. The van der Waals surface area contributed by atoms with E-state index in [-0.39, 0.29) is 11.3 Å². The van der Waals surface area contributed by atoms with Crippen molar-refractivity contribution in [3.63, 3.8) is 0 Å². The highest BCUT2D eigenvalue weighted by molar-refractivity contribution is 7.98. The average Bonchev–Trinajstić information content (AvgIpc) is 3.06. The number of nitrogens with zero attached hydrogens (tertiary/aromatic N) is 4. The molecule has 2 aromatic heterocycles. The lowest BCUT2D eigenvalue weighted by atomic mass is 9.96. The number of hydrogen-bond acceptors (Lipinski definition) is 5. The summed E-state index contributed by atoms with van der Waals surface area (Å²) in [7, 11) is 0. The van der Waals surface area contributed by atoms with Gasteiger partial charge in [-0.2, -0.15) is 0 Å². The zero-order chi connectivity index (χ0) is 18.7. The first kappa shape index (κ1) is 18.1. The van der Waals surface area contributed by atoms with Gasteiger partial charge in [0.2, 0.25) is 0 Å². The van der Waals surface area contributed by atoms with Gasteiger partial charge in [0.25, 0.3) is 5.91 Å². The molecule has 0 aliphatic carbocycles. The Morgan fingerprint density at radius 3 is 2.27 bits per heavy atom. The lowest BCUT2D eigenvalue weighted by Crippen LogP contribution is -2.19. The first-order chi connectivity index (χ1) is 12.4. The van der Waals surface area contributed by atoms with Crippen molar-refractivity contribution < 1.29 is 4.79 Å². The van der Waals surface area contributed by atoms with E-state index in [0.717, 1.165) is 16.7 Å². The van der Waals surface area contributed by atoms with Crippen LogP contribution in [0, 0.1) is 0 Å². The lowest BCUT2D eigenvalue weighted by Gasteiger charge is -2.16. The van der Waals surface area contributed by atoms with E-state index in [2.05, 4.69) is 20.3 Å². The van der Waals surface area contributed by atoms with Crippen molar-refractivity contribution in [1.82, 2.24) is 19.5 Å². The third-order valence-electron chi connectivity index (χ3n) is 3.74.